The molecule has 9 heterocycles. The lowest BCUT2D eigenvalue weighted by atomic mass is 9.96. The van der Waals surface area contributed by atoms with E-state index >= 15 is 0 Å². The molecule has 19 heteroatoms. The second-order valence-corrected chi connectivity index (χ2v) is 26.7. The summed E-state index contributed by atoms with van der Waals surface area (Å²) in [6.07, 6.45) is 9.34. The van der Waals surface area contributed by atoms with Crippen LogP contribution in [0.25, 0.3) is 0 Å². The van der Waals surface area contributed by atoms with Crippen molar-refractivity contribution in [1.29, 1.82) is 0 Å². The molecular formula is C69H128N14O5. The predicted octanol–water partition coefficient (Wildman–Crippen LogP) is 5.50. The number of rotatable bonds is 19. The van der Waals surface area contributed by atoms with Gasteiger partial charge in [-0.3, -0.25) is 9.59 Å². The van der Waals surface area contributed by atoms with Crippen LogP contribution < -0.4 is 10.1 Å². The van der Waals surface area contributed by atoms with E-state index in [-0.39, 0.29) is 30.4 Å². The van der Waals surface area contributed by atoms with Gasteiger partial charge in [0.1, 0.15) is 24.0 Å². The summed E-state index contributed by atoms with van der Waals surface area (Å²) < 4.78 is 10.1. The molecule has 1 aromatic heterocycles. The molecule has 1 atom stereocenters. The average molecular weight is 1230 g/mol. The number of ketones is 3. The first-order valence-electron chi connectivity index (χ1n) is 34.1. The fraction of sp³-hybridized carbons (Fsp3) is 0.797. The Morgan fingerprint density at radius 3 is 1.20 bits per heavy atom. The first-order valence-corrected chi connectivity index (χ1v) is 34.1. The number of hydrogen-bond donors (Lipinski definition) is 1. The molecule has 0 aliphatic carbocycles. The number of aromatic nitrogens is 1. The minimum absolute atomic E-state index is 0.00662. The zero-order valence-corrected chi connectivity index (χ0v) is 58.2. The van der Waals surface area contributed by atoms with Crippen molar-refractivity contribution in [2.45, 2.75) is 72.6 Å². The Balaban J connectivity index is 0.000000225. The molecule has 8 aliphatic rings. The molecule has 2 aromatic rings. The number of carbonyl (C=O) groups excluding carboxylic acids is 3. The maximum absolute atomic E-state index is 11.6. The van der Waals surface area contributed by atoms with Gasteiger partial charge in [-0.1, -0.05) is 19.9 Å². The van der Waals surface area contributed by atoms with Gasteiger partial charge in [0.05, 0.1) is 13.7 Å². The van der Waals surface area contributed by atoms with Crippen LogP contribution in [0.3, 0.4) is 0 Å². The molecular weight excluding hydrogens is 1100 g/mol. The SMILES string of the molecule is CC.CC(=O)COCCNc1ccccn1.CN1CCC(CN2CCN(C)CC2)CC1.CN1CCC(CN2CCN(C)CC2)CC1.CN1CCN(CC2CCN(C)C2)CC1.CN1CCN(CC2CN(C)C2)CC1.COc1ccc(C(=O)CCC(C)=O)cc1. The van der Waals surface area contributed by atoms with Crippen molar-refractivity contribution in [3.05, 3.63) is 54.2 Å². The number of pyridine rings is 1. The van der Waals surface area contributed by atoms with Crippen LogP contribution in [0.1, 0.15) is 83.0 Å². The van der Waals surface area contributed by atoms with Crippen LogP contribution in [0, 0.1) is 23.7 Å². The average Bonchev–Trinajstić information content (AvgIpc) is 4.10. The molecule has 1 N–H and O–H groups in total. The third-order valence-corrected chi connectivity index (χ3v) is 18.4. The number of benzene rings is 1. The Bertz CT molecular complexity index is 2000. The number of likely N-dealkylation sites (N-methyl/N-ethyl adjacent to an activating group) is 4. The van der Waals surface area contributed by atoms with Crippen molar-refractivity contribution in [3.8, 4) is 5.75 Å². The normalized spacial score (nSPS) is 22.4. The van der Waals surface area contributed by atoms with Gasteiger partial charge in [-0.05, 0) is 195 Å². The van der Waals surface area contributed by atoms with E-state index in [4.69, 9.17) is 9.47 Å². The molecule has 1 unspecified atom stereocenters. The quantitative estimate of drug-likeness (QED) is 0.140. The van der Waals surface area contributed by atoms with Crippen LogP contribution >= 0.6 is 0 Å². The largest absolute Gasteiger partial charge is 0.497 e. The van der Waals surface area contributed by atoms with E-state index in [0.29, 0.717) is 25.1 Å². The van der Waals surface area contributed by atoms with E-state index in [1.54, 1.807) is 37.6 Å². The number of carbonyl (C=O) groups is 3. The maximum atomic E-state index is 11.6. The molecule has 0 spiro atoms. The third-order valence-electron chi connectivity index (χ3n) is 18.4. The van der Waals surface area contributed by atoms with Crippen LogP contribution in [0.15, 0.2) is 48.7 Å². The monoisotopic (exact) mass is 1230 g/mol. The van der Waals surface area contributed by atoms with Crippen LogP contribution in [-0.2, 0) is 14.3 Å². The lowest BCUT2D eigenvalue weighted by molar-refractivity contribution is -0.121. The van der Waals surface area contributed by atoms with Gasteiger partial charge in [-0.25, -0.2) is 4.98 Å². The highest BCUT2D eigenvalue weighted by atomic mass is 16.5. The van der Waals surface area contributed by atoms with Crippen molar-refractivity contribution in [1.82, 2.24) is 63.8 Å². The lowest BCUT2D eigenvalue weighted by Gasteiger charge is -2.41. The van der Waals surface area contributed by atoms with Gasteiger partial charge in [0.15, 0.2) is 11.6 Å². The van der Waals surface area contributed by atoms with E-state index in [0.717, 1.165) is 35.2 Å². The minimum Gasteiger partial charge on any atom is -0.497 e. The summed E-state index contributed by atoms with van der Waals surface area (Å²) in [6, 6.07) is 12.5. The van der Waals surface area contributed by atoms with Gasteiger partial charge in [0.25, 0.3) is 0 Å². The molecule has 0 radical (unpaired) electrons. The highest BCUT2D eigenvalue weighted by Gasteiger charge is 2.28. The Morgan fingerprint density at radius 2 is 0.841 bits per heavy atom. The van der Waals surface area contributed by atoms with Crippen molar-refractivity contribution >= 4 is 23.2 Å². The fourth-order valence-electron chi connectivity index (χ4n) is 12.3. The standard InChI is InChI=1S/2C12H25N3.C12H14O3.C11H23N3.C10H21N3.C10H14N2O2.C2H6/c2*1-13-5-3-12(4-6-13)11-15-9-7-14(2)8-10-15;1-9(13)3-8-12(14)10-4-6-11(15-2)7-5-10;1-12-5-7-14(8-6-12)10-11-3-4-13(2)9-11;1-11-3-5-13(6-4-11)9-10-7-12(2)8-10;1-9(13)8-14-7-6-12-10-4-2-3-5-11-10;1-2/h2*12H,3-11H2,1-2H3;4-7H,3,8H2,1-2H3;11H,3-10H2,1-2H3;10H,3-9H2,1-2H3;2-5H,6-8H2,1H3,(H,11,12);1-2H3. The molecule has 19 nitrogen and oxygen atoms in total. The van der Waals surface area contributed by atoms with Gasteiger partial charge in [0, 0.05) is 182 Å². The predicted molar refractivity (Wildman–Crippen MR) is 366 cm³/mol. The molecule has 88 heavy (non-hydrogen) atoms. The summed E-state index contributed by atoms with van der Waals surface area (Å²) in [5.41, 5.74) is 0.622. The number of hydrogen-bond acceptors (Lipinski definition) is 19. The van der Waals surface area contributed by atoms with E-state index in [2.05, 4.69) is 125 Å². The van der Waals surface area contributed by atoms with Crippen molar-refractivity contribution in [3.63, 3.8) is 0 Å². The summed E-state index contributed by atoms with van der Waals surface area (Å²) in [7, 11) is 19.4. The fourth-order valence-corrected chi connectivity index (χ4v) is 12.3. The van der Waals surface area contributed by atoms with Crippen molar-refractivity contribution in [2.75, 3.05) is 272 Å². The van der Waals surface area contributed by atoms with E-state index in [1.807, 2.05) is 32.0 Å². The second kappa shape index (κ2) is 44.9. The highest BCUT2D eigenvalue weighted by molar-refractivity contribution is 5.98. The molecule has 0 saturated carbocycles. The van der Waals surface area contributed by atoms with Crippen LogP contribution in [-0.4, -0.2) is 348 Å². The zero-order valence-electron chi connectivity index (χ0n) is 58.2. The van der Waals surface area contributed by atoms with Crippen molar-refractivity contribution in [2.24, 2.45) is 23.7 Å². The minimum atomic E-state index is -0.00662. The molecule has 1 aromatic carbocycles. The molecule has 8 aliphatic heterocycles. The van der Waals surface area contributed by atoms with E-state index < -0.39 is 0 Å². The number of methoxy groups -OCH3 is 1. The number of nitrogens with zero attached hydrogens (tertiary/aromatic N) is 13. The summed E-state index contributed by atoms with van der Waals surface area (Å²) in [6.45, 7) is 44.4. The van der Waals surface area contributed by atoms with Crippen LogP contribution in [0.2, 0.25) is 0 Å². The first kappa shape index (κ1) is 76.9. The number of ether oxygens (including phenoxy) is 2. The molecule has 504 valence electrons. The Hall–Kier alpha value is -3.54. The summed E-state index contributed by atoms with van der Waals surface area (Å²) in [5.74, 6) is 5.43. The van der Waals surface area contributed by atoms with Crippen LogP contribution in [0.4, 0.5) is 5.82 Å². The van der Waals surface area contributed by atoms with Crippen molar-refractivity contribution < 1.29 is 23.9 Å². The van der Waals surface area contributed by atoms with Crippen LogP contribution in [0.5, 0.6) is 5.75 Å². The number of piperidine rings is 2. The third kappa shape index (κ3) is 34.2. The van der Waals surface area contributed by atoms with E-state index in [1.165, 1.54) is 229 Å². The smallest absolute Gasteiger partial charge is 0.163 e. The Morgan fingerprint density at radius 1 is 0.455 bits per heavy atom. The van der Waals surface area contributed by atoms with Gasteiger partial charge < -0.3 is 78.4 Å². The lowest BCUT2D eigenvalue weighted by Crippen LogP contribution is -2.53. The molecule has 10 rings (SSSR count). The van der Waals surface area contributed by atoms with E-state index in [9.17, 15) is 14.4 Å². The number of Topliss-reactive ketones (excluding diaryl/α,β-unsaturated/α-hetero) is 3. The van der Waals surface area contributed by atoms with Gasteiger partial charge in [-0.2, -0.15) is 0 Å². The number of piperazine rings is 4. The molecule has 0 bridgehead atoms. The van der Waals surface area contributed by atoms with Gasteiger partial charge in [0.2, 0.25) is 0 Å². The summed E-state index contributed by atoms with van der Waals surface area (Å²) in [4.78, 5) is 67.0. The molecule has 8 saturated heterocycles. The number of nitrogens with one attached hydrogen (secondary N) is 1. The second-order valence-electron chi connectivity index (χ2n) is 26.7. The van der Waals surface area contributed by atoms with Gasteiger partial charge in [-0.15, -0.1) is 0 Å². The first-order chi connectivity index (χ1) is 42.4. The van der Waals surface area contributed by atoms with Gasteiger partial charge >= 0.3 is 0 Å². The molecule has 0 amide bonds. The summed E-state index contributed by atoms with van der Waals surface area (Å²) in [5, 5.41) is 3.07. The Labute approximate surface area is 536 Å². The number of anilines is 1. The number of likely N-dealkylation sites (tertiary alicyclic amines) is 4. The highest BCUT2D eigenvalue weighted by Crippen LogP contribution is 2.21. The summed E-state index contributed by atoms with van der Waals surface area (Å²) >= 11 is 0. The maximum Gasteiger partial charge on any atom is 0.163 e. The molecule has 8 fully saturated rings. The topological polar surface area (TPSA) is 133 Å². The zero-order chi connectivity index (χ0) is 64.1. The Kier molecular flexibility index (Phi) is 39.2.